The molecule has 27 heavy (non-hydrogen) atoms. The van der Waals surface area contributed by atoms with Gasteiger partial charge in [-0.3, -0.25) is 19.3 Å². The maximum Gasteiger partial charge on any atom is 0.262 e. The molecular formula is C22H20N2O3. The first-order valence-corrected chi connectivity index (χ1v) is 9.03. The maximum atomic E-state index is 12.8. The second-order valence-corrected chi connectivity index (χ2v) is 7.07. The molecule has 136 valence electrons. The average molecular weight is 360 g/mol. The summed E-state index contributed by atoms with van der Waals surface area (Å²) in [5, 5.41) is 0. The molecular weight excluding hydrogens is 340 g/mol. The monoisotopic (exact) mass is 360 g/mol. The molecule has 2 heterocycles. The van der Waals surface area contributed by atoms with E-state index in [2.05, 4.69) is 0 Å². The first-order valence-electron chi connectivity index (χ1n) is 9.03. The highest BCUT2D eigenvalue weighted by atomic mass is 16.2. The Morgan fingerprint density at radius 1 is 0.852 bits per heavy atom. The predicted molar refractivity (Wildman–Crippen MR) is 102 cm³/mol. The number of carbonyl (C=O) groups is 3. The summed E-state index contributed by atoms with van der Waals surface area (Å²) in [5.74, 6) is -0.979. The lowest BCUT2D eigenvalue weighted by Gasteiger charge is -2.50. The van der Waals surface area contributed by atoms with Gasteiger partial charge in [-0.25, -0.2) is 0 Å². The van der Waals surface area contributed by atoms with Gasteiger partial charge >= 0.3 is 0 Å². The second kappa shape index (κ2) is 6.50. The van der Waals surface area contributed by atoms with Crippen molar-refractivity contribution in [3.63, 3.8) is 0 Å². The lowest BCUT2D eigenvalue weighted by molar-refractivity contribution is -0.155. The molecule has 0 aliphatic carbocycles. The van der Waals surface area contributed by atoms with Crippen LogP contribution < -0.4 is 0 Å². The fourth-order valence-corrected chi connectivity index (χ4v) is 3.81. The van der Waals surface area contributed by atoms with Crippen LogP contribution >= 0.6 is 0 Å². The Labute approximate surface area is 157 Å². The smallest absolute Gasteiger partial charge is 0.262 e. The Hall–Kier alpha value is -3.21. The van der Waals surface area contributed by atoms with Crippen molar-refractivity contribution in [3.8, 4) is 0 Å². The maximum absolute atomic E-state index is 12.8. The van der Waals surface area contributed by atoms with E-state index in [0.29, 0.717) is 11.1 Å². The number of carbonyl (C=O) groups excluding carboxylic acids is 3. The Kier molecular flexibility index (Phi) is 4.15. The standard InChI is InChI=1S/C22H20N2O3/c1-14(2)23-18(13-12-15-8-4-3-5-9-15)19(22(23)27)24-20(25)16-10-6-7-11-17(16)21(24)26/h3-14,18-19H,1-2H3/b13-12+/t18-,19+/m0/s1. The van der Waals surface area contributed by atoms with Gasteiger partial charge in [0.2, 0.25) is 5.91 Å². The van der Waals surface area contributed by atoms with Crippen molar-refractivity contribution in [2.45, 2.75) is 32.0 Å². The molecule has 4 rings (SSSR count). The zero-order valence-electron chi connectivity index (χ0n) is 15.2. The van der Waals surface area contributed by atoms with Crippen LogP contribution in [0.4, 0.5) is 0 Å². The van der Waals surface area contributed by atoms with Crippen LogP contribution in [0.1, 0.15) is 40.1 Å². The van der Waals surface area contributed by atoms with Crippen molar-refractivity contribution in [2.75, 3.05) is 0 Å². The summed E-state index contributed by atoms with van der Waals surface area (Å²) in [6.07, 6.45) is 3.84. The van der Waals surface area contributed by atoms with Gasteiger partial charge in [0, 0.05) is 6.04 Å². The number of amides is 3. The van der Waals surface area contributed by atoms with E-state index in [4.69, 9.17) is 0 Å². The van der Waals surface area contributed by atoms with Gasteiger partial charge in [-0.2, -0.15) is 0 Å². The summed E-state index contributed by atoms with van der Waals surface area (Å²) in [5.41, 5.74) is 1.73. The topological polar surface area (TPSA) is 57.7 Å². The fraction of sp³-hybridized carbons (Fsp3) is 0.227. The van der Waals surface area contributed by atoms with Crippen LogP contribution in [-0.4, -0.2) is 45.6 Å². The van der Waals surface area contributed by atoms with Crippen molar-refractivity contribution in [2.24, 2.45) is 0 Å². The van der Waals surface area contributed by atoms with Gasteiger partial charge in [-0.05, 0) is 31.5 Å². The number of likely N-dealkylation sites (tertiary alicyclic amines) is 1. The number of fused-ring (bicyclic) bond motifs is 1. The van der Waals surface area contributed by atoms with Gasteiger partial charge < -0.3 is 4.90 Å². The number of β-lactam (4-membered cyclic amide) rings is 1. The third-order valence-electron chi connectivity index (χ3n) is 5.10. The largest absolute Gasteiger partial charge is 0.329 e. The van der Waals surface area contributed by atoms with Gasteiger partial charge in [-0.1, -0.05) is 54.6 Å². The van der Waals surface area contributed by atoms with Gasteiger partial charge in [0.05, 0.1) is 17.2 Å². The summed E-state index contributed by atoms with van der Waals surface area (Å²) in [4.78, 5) is 41.2. The van der Waals surface area contributed by atoms with Crippen molar-refractivity contribution < 1.29 is 14.4 Å². The van der Waals surface area contributed by atoms with E-state index in [1.54, 1.807) is 29.2 Å². The quantitative estimate of drug-likeness (QED) is 0.622. The van der Waals surface area contributed by atoms with Crippen LogP contribution in [0.5, 0.6) is 0 Å². The average Bonchev–Trinajstić information content (AvgIpc) is 2.91. The van der Waals surface area contributed by atoms with Crippen LogP contribution in [0.15, 0.2) is 60.7 Å². The summed E-state index contributed by atoms with van der Waals surface area (Å²) < 4.78 is 0. The summed E-state index contributed by atoms with van der Waals surface area (Å²) >= 11 is 0. The summed E-state index contributed by atoms with van der Waals surface area (Å²) in [6.45, 7) is 3.86. The number of hydrogen-bond acceptors (Lipinski definition) is 3. The van der Waals surface area contributed by atoms with Crippen molar-refractivity contribution in [3.05, 3.63) is 77.4 Å². The van der Waals surface area contributed by atoms with E-state index in [1.165, 1.54) is 0 Å². The number of nitrogens with zero attached hydrogens (tertiary/aromatic N) is 2. The molecule has 2 aliphatic heterocycles. The van der Waals surface area contributed by atoms with Gasteiger partial charge in [0.25, 0.3) is 11.8 Å². The molecule has 0 N–H and O–H groups in total. The number of hydrogen-bond donors (Lipinski definition) is 0. The molecule has 5 heteroatoms. The van der Waals surface area contributed by atoms with E-state index in [-0.39, 0.29) is 18.0 Å². The Bertz CT molecular complexity index is 914. The summed E-state index contributed by atoms with van der Waals surface area (Å²) in [6, 6.07) is 15.3. The van der Waals surface area contributed by atoms with E-state index in [9.17, 15) is 14.4 Å². The molecule has 2 aliphatic rings. The molecule has 5 nitrogen and oxygen atoms in total. The predicted octanol–water partition coefficient (Wildman–Crippen LogP) is 2.98. The van der Waals surface area contributed by atoms with Crippen LogP contribution in [0.25, 0.3) is 6.08 Å². The lowest BCUT2D eigenvalue weighted by atomic mass is 9.90. The Morgan fingerprint density at radius 3 is 1.96 bits per heavy atom. The van der Waals surface area contributed by atoms with Crippen LogP contribution in [-0.2, 0) is 4.79 Å². The van der Waals surface area contributed by atoms with E-state index < -0.39 is 17.9 Å². The highest BCUT2D eigenvalue weighted by Crippen LogP contribution is 2.34. The molecule has 0 unspecified atom stereocenters. The second-order valence-electron chi connectivity index (χ2n) is 7.07. The van der Waals surface area contributed by atoms with Crippen molar-refractivity contribution in [1.82, 2.24) is 9.80 Å². The van der Waals surface area contributed by atoms with Gasteiger partial charge in [0.1, 0.15) is 6.04 Å². The highest BCUT2D eigenvalue weighted by molar-refractivity contribution is 6.23. The third kappa shape index (κ3) is 2.67. The molecule has 2 atom stereocenters. The fourth-order valence-electron chi connectivity index (χ4n) is 3.81. The minimum Gasteiger partial charge on any atom is -0.329 e. The first kappa shape index (κ1) is 17.2. The molecule has 0 aromatic heterocycles. The minimum atomic E-state index is -0.792. The number of benzene rings is 2. The number of rotatable bonds is 4. The minimum absolute atomic E-state index is 0.0191. The normalized spacial score (nSPS) is 22.0. The van der Waals surface area contributed by atoms with Crippen molar-refractivity contribution >= 4 is 23.8 Å². The van der Waals surface area contributed by atoms with E-state index in [1.807, 2.05) is 56.3 Å². The summed E-state index contributed by atoms with van der Waals surface area (Å²) in [7, 11) is 0. The first-order chi connectivity index (χ1) is 13.0. The zero-order chi connectivity index (χ0) is 19.1. The van der Waals surface area contributed by atoms with Crippen LogP contribution in [0.3, 0.4) is 0 Å². The van der Waals surface area contributed by atoms with E-state index in [0.717, 1.165) is 10.5 Å². The van der Waals surface area contributed by atoms with Gasteiger partial charge in [0.15, 0.2) is 0 Å². The molecule has 0 spiro atoms. The molecule has 0 radical (unpaired) electrons. The molecule has 2 aromatic carbocycles. The Morgan fingerprint density at radius 2 is 1.41 bits per heavy atom. The zero-order valence-corrected chi connectivity index (χ0v) is 15.2. The molecule has 3 amide bonds. The third-order valence-corrected chi connectivity index (χ3v) is 5.10. The van der Waals surface area contributed by atoms with Crippen molar-refractivity contribution in [1.29, 1.82) is 0 Å². The van der Waals surface area contributed by atoms with Crippen LogP contribution in [0, 0.1) is 0 Å². The molecule has 0 bridgehead atoms. The number of imide groups is 1. The SMILES string of the molecule is CC(C)N1C(=O)[C@H](N2C(=O)c3ccccc3C2=O)[C@@H]1/C=C/c1ccccc1. The van der Waals surface area contributed by atoms with Gasteiger partial charge in [-0.15, -0.1) is 0 Å². The van der Waals surface area contributed by atoms with Crippen LogP contribution in [0.2, 0.25) is 0 Å². The lowest BCUT2D eigenvalue weighted by Crippen LogP contribution is -2.72. The van der Waals surface area contributed by atoms with E-state index >= 15 is 0 Å². The molecule has 0 saturated carbocycles. The molecule has 2 aromatic rings. The molecule has 1 saturated heterocycles. The highest BCUT2D eigenvalue weighted by Gasteiger charge is 2.55. The molecule has 1 fully saturated rings. The Balaban J connectivity index is 1.67.